The first kappa shape index (κ1) is 13.7. The molecule has 3 heterocycles. The lowest BCUT2D eigenvalue weighted by Crippen LogP contribution is -2.28. The average Bonchev–Trinajstić information content (AvgIpc) is 3.14. The lowest BCUT2D eigenvalue weighted by molar-refractivity contribution is 0.0786. The SMILES string of the molecule is Cc1nc(CCC2CCN(C(=O)c3ccncc3)C2)no1. The van der Waals surface area contributed by atoms with Gasteiger partial charge in [-0.15, -0.1) is 0 Å². The molecule has 1 saturated heterocycles. The number of pyridine rings is 1. The molecule has 1 fully saturated rings. The molecule has 1 unspecified atom stereocenters. The number of hydrogen-bond donors (Lipinski definition) is 0. The molecular formula is C15H18N4O2. The molecule has 2 aromatic heterocycles. The van der Waals surface area contributed by atoms with Gasteiger partial charge < -0.3 is 9.42 Å². The summed E-state index contributed by atoms with van der Waals surface area (Å²) in [6, 6.07) is 3.52. The normalized spacial score (nSPS) is 18.1. The van der Waals surface area contributed by atoms with Crippen LogP contribution >= 0.6 is 0 Å². The molecule has 6 nitrogen and oxygen atoms in total. The van der Waals surface area contributed by atoms with Crippen LogP contribution in [0.2, 0.25) is 0 Å². The molecule has 0 spiro atoms. The van der Waals surface area contributed by atoms with Crippen molar-refractivity contribution >= 4 is 5.91 Å². The van der Waals surface area contributed by atoms with Gasteiger partial charge in [0.1, 0.15) is 0 Å². The fraction of sp³-hybridized carbons (Fsp3) is 0.467. The van der Waals surface area contributed by atoms with Crippen molar-refractivity contribution in [2.24, 2.45) is 5.92 Å². The molecule has 1 aliphatic heterocycles. The highest BCUT2D eigenvalue weighted by Crippen LogP contribution is 2.22. The van der Waals surface area contributed by atoms with Crippen molar-refractivity contribution in [1.82, 2.24) is 20.0 Å². The molecule has 2 aromatic rings. The molecule has 0 saturated carbocycles. The van der Waals surface area contributed by atoms with Crippen molar-refractivity contribution < 1.29 is 9.32 Å². The van der Waals surface area contributed by atoms with E-state index in [9.17, 15) is 4.79 Å². The summed E-state index contributed by atoms with van der Waals surface area (Å²) in [6.45, 7) is 3.41. The van der Waals surface area contributed by atoms with Crippen molar-refractivity contribution in [3.8, 4) is 0 Å². The Morgan fingerprint density at radius 1 is 1.43 bits per heavy atom. The van der Waals surface area contributed by atoms with Gasteiger partial charge in [-0.1, -0.05) is 5.16 Å². The van der Waals surface area contributed by atoms with Crippen molar-refractivity contribution in [2.75, 3.05) is 13.1 Å². The molecule has 3 rings (SSSR count). The van der Waals surface area contributed by atoms with Crippen molar-refractivity contribution in [3.05, 3.63) is 41.8 Å². The zero-order valence-corrected chi connectivity index (χ0v) is 12.0. The maximum Gasteiger partial charge on any atom is 0.253 e. The molecule has 1 amide bonds. The predicted molar refractivity (Wildman–Crippen MR) is 75.6 cm³/mol. The van der Waals surface area contributed by atoms with Gasteiger partial charge in [0.2, 0.25) is 5.89 Å². The van der Waals surface area contributed by atoms with E-state index >= 15 is 0 Å². The smallest absolute Gasteiger partial charge is 0.253 e. The Labute approximate surface area is 123 Å². The summed E-state index contributed by atoms with van der Waals surface area (Å²) >= 11 is 0. The maximum atomic E-state index is 12.3. The van der Waals surface area contributed by atoms with Crippen LogP contribution in [-0.4, -0.2) is 39.0 Å². The maximum absolute atomic E-state index is 12.3. The molecular weight excluding hydrogens is 268 g/mol. The zero-order valence-electron chi connectivity index (χ0n) is 12.0. The number of carbonyl (C=O) groups excluding carboxylic acids is 1. The van der Waals surface area contributed by atoms with Crippen LogP contribution < -0.4 is 0 Å². The number of aromatic nitrogens is 3. The van der Waals surface area contributed by atoms with Crippen LogP contribution in [-0.2, 0) is 6.42 Å². The van der Waals surface area contributed by atoms with Gasteiger partial charge in [-0.05, 0) is 30.9 Å². The van der Waals surface area contributed by atoms with Crippen molar-refractivity contribution in [1.29, 1.82) is 0 Å². The fourth-order valence-corrected chi connectivity index (χ4v) is 2.71. The quantitative estimate of drug-likeness (QED) is 0.858. The topological polar surface area (TPSA) is 72.1 Å². The van der Waals surface area contributed by atoms with Gasteiger partial charge in [0, 0.05) is 44.4 Å². The van der Waals surface area contributed by atoms with E-state index in [-0.39, 0.29) is 5.91 Å². The number of aryl methyl sites for hydroxylation is 2. The lowest BCUT2D eigenvalue weighted by Gasteiger charge is -2.16. The molecule has 0 N–H and O–H groups in total. The molecule has 0 bridgehead atoms. The minimum atomic E-state index is 0.0929. The fourth-order valence-electron chi connectivity index (χ4n) is 2.71. The number of amides is 1. The van der Waals surface area contributed by atoms with Gasteiger partial charge in [-0.2, -0.15) is 4.98 Å². The third-order valence-corrected chi connectivity index (χ3v) is 3.85. The highest BCUT2D eigenvalue weighted by atomic mass is 16.5. The average molecular weight is 286 g/mol. The van der Waals surface area contributed by atoms with Crippen molar-refractivity contribution in [3.63, 3.8) is 0 Å². The number of nitrogens with zero attached hydrogens (tertiary/aromatic N) is 4. The first-order valence-corrected chi connectivity index (χ1v) is 7.21. The third kappa shape index (κ3) is 3.26. The van der Waals surface area contributed by atoms with Crippen LogP contribution in [0.15, 0.2) is 29.0 Å². The van der Waals surface area contributed by atoms with E-state index < -0.39 is 0 Å². The van der Waals surface area contributed by atoms with E-state index in [1.165, 1.54) is 0 Å². The Morgan fingerprint density at radius 2 is 2.24 bits per heavy atom. The van der Waals surface area contributed by atoms with Crippen LogP contribution in [0.4, 0.5) is 0 Å². The highest BCUT2D eigenvalue weighted by molar-refractivity contribution is 5.94. The summed E-state index contributed by atoms with van der Waals surface area (Å²) in [4.78, 5) is 22.4. The van der Waals surface area contributed by atoms with E-state index in [0.29, 0.717) is 17.4 Å². The Bertz CT molecular complexity index is 611. The summed E-state index contributed by atoms with van der Waals surface area (Å²) in [5.41, 5.74) is 0.708. The van der Waals surface area contributed by atoms with Crippen LogP contribution in [0.3, 0.4) is 0 Å². The van der Waals surface area contributed by atoms with Crippen LogP contribution in [0.5, 0.6) is 0 Å². The molecule has 6 heteroatoms. The van der Waals surface area contributed by atoms with E-state index in [2.05, 4.69) is 15.1 Å². The summed E-state index contributed by atoms with van der Waals surface area (Å²) in [7, 11) is 0. The Balaban J connectivity index is 1.52. The number of hydrogen-bond acceptors (Lipinski definition) is 5. The highest BCUT2D eigenvalue weighted by Gasteiger charge is 2.26. The second kappa shape index (κ2) is 6.03. The first-order valence-electron chi connectivity index (χ1n) is 7.21. The number of rotatable bonds is 4. The molecule has 1 atom stereocenters. The standard InChI is InChI=1S/C15H18N4O2/c1-11-17-14(18-21-11)3-2-12-6-9-19(10-12)15(20)13-4-7-16-8-5-13/h4-5,7-8,12H,2-3,6,9-10H2,1H3. The second-order valence-corrected chi connectivity index (χ2v) is 5.41. The summed E-state index contributed by atoms with van der Waals surface area (Å²) < 4.78 is 4.97. The van der Waals surface area contributed by atoms with Gasteiger partial charge in [0.05, 0.1) is 0 Å². The van der Waals surface area contributed by atoms with Gasteiger partial charge in [0.25, 0.3) is 5.91 Å². The summed E-state index contributed by atoms with van der Waals surface area (Å²) in [5, 5.41) is 3.90. The molecule has 21 heavy (non-hydrogen) atoms. The summed E-state index contributed by atoms with van der Waals surface area (Å²) in [5.74, 6) is 1.96. The van der Waals surface area contributed by atoms with Gasteiger partial charge >= 0.3 is 0 Å². The largest absolute Gasteiger partial charge is 0.340 e. The Morgan fingerprint density at radius 3 is 2.95 bits per heavy atom. The minimum Gasteiger partial charge on any atom is -0.340 e. The second-order valence-electron chi connectivity index (χ2n) is 5.41. The van der Waals surface area contributed by atoms with Gasteiger partial charge in [-0.25, -0.2) is 0 Å². The molecule has 0 radical (unpaired) electrons. The van der Waals surface area contributed by atoms with Gasteiger partial charge in [-0.3, -0.25) is 9.78 Å². The molecule has 0 aliphatic carbocycles. The summed E-state index contributed by atoms with van der Waals surface area (Å²) in [6.07, 6.45) is 6.13. The minimum absolute atomic E-state index is 0.0929. The number of likely N-dealkylation sites (tertiary alicyclic amines) is 1. The zero-order chi connectivity index (χ0) is 14.7. The van der Waals surface area contributed by atoms with Crippen LogP contribution in [0.25, 0.3) is 0 Å². The van der Waals surface area contributed by atoms with Crippen LogP contribution in [0.1, 0.15) is 34.9 Å². The first-order chi connectivity index (χ1) is 10.2. The Kier molecular flexibility index (Phi) is 3.94. The van der Waals surface area contributed by atoms with Gasteiger partial charge in [0.15, 0.2) is 5.82 Å². The number of carbonyl (C=O) groups is 1. The van der Waals surface area contributed by atoms with Crippen LogP contribution in [0, 0.1) is 12.8 Å². The molecule has 0 aromatic carbocycles. The van der Waals surface area contributed by atoms with E-state index in [0.717, 1.165) is 38.2 Å². The predicted octanol–water partition coefficient (Wildman–Crippen LogP) is 1.87. The molecule has 110 valence electrons. The Hall–Kier alpha value is -2.24. The monoisotopic (exact) mass is 286 g/mol. The van der Waals surface area contributed by atoms with E-state index in [4.69, 9.17) is 4.52 Å². The third-order valence-electron chi connectivity index (χ3n) is 3.85. The van der Waals surface area contributed by atoms with E-state index in [1.54, 1.807) is 31.5 Å². The van der Waals surface area contributed by atoms with Crippen molar-refractivity contribution in [2.45, 2.75) is 26.2 Å². The lowest BCUT2D eigenvalue weighted by atomic mass is 10.0. The molecule has 1 aliphatic rings. The van der Waals surface area contributed by atoms with E-state index in [1.807, 2.05) is 4.90 Å².